The molecule has 2 heterocycles. The lowest BCUT2D eigenvalue weighted by molar-refractivity contribution is -0.122. The summed E-state index contributed by atoms with van der Waals surface area (Å²) in [5, 5.41) is 5.59. The minimum atomic E-state index is -3.81. The van der Waals surface area contributed by atoms with Crippen molar-refractivity contribution in [2.45, 2.75) is 17.9 Å². The van der Waals surface area contributed by atoms with E-state index in [4.69, 9.17) is 0 Å². The lowest BCUT2D eigenvalue weighted by Crippen LogP contribution is -2.49. The highest BCUT2D eigenvalue weighted by Gasteiger charge is 2.29. The molecule has 2 amide bonds. The lowest BCUT2D eigenvalue weighted by Gasteiger charge is -2.25. The molecule has 0 unspecified atom stereocenters. The molecule has 0 atom stereocenters. The summed E-state index contributed by atoms with van der Waals surface area (Å²) in [4.78, 5) is 26.9. The van der Waals surface area contributed by atoms with Crippen LogP contribution in [0.5, 0.6) is 0 Å². The third-order valence-corrected chi connectivity index (χ3v) is 8.23. The van der Waals surface area contributed by atoms with E-state index < -0.39 is 10.0 Å². The molecule has 0 aliphatic carbocycles. The van der Waals surface area contributed by atoms with Gasteiger partial charge in [-0.2, -0.15) is 4.31 Å². The van der Waals surface area contributed by atoms with Gasteiger partial charge in [0.25, 0.3) is 5.91 Å². The zero-order chi connectivity index (χ0) is 24.4. The summed E-state index contributed by atoms with van der Waals surface area (Å²) in [6.07, 6.45) is 1.00. The Morgan fingerprint density at radius 2 is 1.69 bits per heavy atom. The third kappa shape index (κ3) is 4.78. The molecule has 0 bridgehead atoms. The first-order valence-electron chi connectivity index (χ1n) is 11.5. The van der Waals surface area contributed by atoms with Gasteiger partial charge in [0.1, 0.15) is 0 Å². The van der Waals surface area contributed by atoms with Crippen LogP contribution in [0, 0.1) is 0 Å². The SMILES string of the molecule is O=C1CN(S(=O)(=O)c2ccc(C(=O)Nc3ccccc3CN3CCc4ccccc43)cc2)CCN1. The Balaban J connectivity index is 1.30. The van der Waals surface area contributed by atoms with Gasteiger partial charge in [-0.1, -0.05) is 36.4 Å². The minimum absolute atomic E-state index is 0.0526. The molecule has 5 rings (SSSR count). The molecule has 2 aliphatic rings. The second kappa shape index (κ2) is 9.52. The first kappa shape index (κ1) is 23.1. The molecule has 180 valence electrons. The van der Waals surface area contributed by atoms with Crippen LogP contribution >= 0.6 is 0 Å². The van der Waals surface area contributed by atoms with Crippen molar-refractivity contribution < 1.29 is 18.0 Å². The van der Waals surface area contributed by atoms with Crippen LogP contribution in [-0.2, 0) is 27.8 Å². The summed E-state index contributed by atoms with van der Waals surface area (Å²) in [5.74, 6) is -0.646. The fourth-order valence-electron chi connectivity index (χ4n) is 4.50. The van der Waals surface area contributed by atoms with Crippen LogP contribution in [0.1, 0.15) is 21.5 Å². The number of nitrogens with one attached hydrogen (secondary N) is 2. The number of nitrogens with zero attached hydrogens (tertiary/aromatic N) is 2. The lowest BCUT2D eigenvalue weighted by atomic mass is 10.1. The van der Waals surface area contributed by atoms with E-state index in [0.29, 0.717) is 12.1 Å². The molecule has 1 saturated heterocycles. The Labute approximate surface area is 204 Å². The van der Waals surface area contributed by atoms with E-state index in [9.17, 15) is 18.0 Å². The minimum Gasteiger partial charge on any atom is -0.367 e. The van der Waals surface area contributed by atoms with Crippen molar-refractivity contribution >= 4 is 33.2 Å². The van der Waals surface area contributed by atoms with Gasteiger partial charge in [-0.05, 0) is 53.9 Å². The van der Waals surface area contributed by atoms with Crippen molar-refractivity contribution in [1.82, 2.24) is 9.62 Å². The van der Waals surface area contributed by atoms with Gasteiger partial charge in [-0.15, -0.1) is 0 Å². The molecule has 0 radical (unpaired) electrons. The molecule has 2 aliphatic heterocycles. The first-order chi connectivity index (χ1) is 16.9. The van der Waals surface area contributed by atoms with Crippen LogP contribution < -0.4 is 15.5 Å². The first-order valence-corrected chi connectivity index (χ1v) is 12.9. The Morgan fingerprint density at radius 3 is 2.49 bits per heavy atom. The van der Waals surface area contributed by atoms with Crippen LogP contribution in [-0.4, -0.2) is 50.7 Å². The van der Waals surface area contributed by atoms with Gasteiger partial charge in [-0.25, -0.2) is 8.42 Å². The van der Waals surface area contributed by atoms with Crippen LogP contribution in [0.4, 0.5) is 11.4 Å². The zero-order valence-electron chi connectivity index (χ0n) is 19.1. The number of anilines is 2. The number of fused-ring (bicyclic) bond motifs is 1. The number of hydrogen-bond donors (Lipinski definition) is 2. The number of piperazine rings is 1. The van der Waals surface area contributed by atoms with Crippen molar-refractivity contribution in [1.29, 1.82) is 0 Å². The maximum Gasteiger partial charge on any atom is 0.255 e. The molecule has 3 aromatic rings. The quantitative estimate of drug-likeness (QED) is 0.554. The number of sulfonamides is 1. The molecule has 0 aromatic heterocycles. The largest absolute Gasteiger partial charge is 0.367 e. The van der Waals surface area contributed by atoms with Gasteiger partial charge in [0.2, 0.25) is 15.9 Å². The molecular weight excluding hydrogens is 464 g/mol. The van der Waals surface area contributed by atoms with Gasteiger partial charge >= 0.3 is 0 Å². The fraction of sp³-hybridized carbons (Fsp3) is 0.231. The maximum absolute atomic E-state index is 13.0. The van der Waals surface area contributed by atoms with Gasteiger partial charge in [0, 0.05) is 43.1 Å². The van der Waals surface area contributed by atoms with Gasteiger partial charge < -0.3 is 15.5 Å². The monoisotopic (exact) mass is 490 g/mol. The summed E-state index contributed by atoms with van der Waals surface area (Å²) in [6.45, 7) is 1.89. The van der Waals surface area contributed by atoms with Gasteiger partial charge in [0.15, 0.2) is 0 Å². The Hall–Kier alpha value is -3.69. The van der Waals surface area contributed by atoms with Crippen molar-refractivity contribution in [3.05, 3.63) is 89.5 Å². The second-order valence-electron chi connectivity index (χ2n) is 8.62. The van der Waals surface area contributed by atoms with Crippen molar-refractivity contribution in [2.75, 3.05) is 36.4 Å². The molecule has 2 N–H and O–H groups in total. The van der Waals surface area contributed by atoms with E-state index in [1.165, 1.54) is 35.5 Å². The van der Waals surface area contributed by atoms with Crippen LogP contribution in [0.2, 0.25) is 0 Å². The smallest absolute Gasteiger partial charge is 0.255 e. The highest BCUT2D eigenvalue weighted by Crippen LogP contribution is 2.30. The number of hydrogen-bond acceptors (Lipinski definition) is 5. The van der Waals surface area contributed by atoms with E-state index in [1.54, 1.807) is 0 Å². The fourth-order valence-corrected chi connectivity index (χ4v) is 5.90. The summed E-state index contributed by atoms with van der Waals surface area (Å²) in [6, 6.07) is 21.9. The van der Waals surface area contributed by atoms with Crippen LogP contribution in [0.3, 0.4) is 0 Å². The number of carbonyl (C=O) groups is 2. The molecule has 3 aromatic carbocycles. The molecule has 0 saturated carbocycles. The maximum atomic E-state index is 13.0. The highest BCUT2D eigenvalue weighted by molar-refractivity contribution is 7.89. The molecule has 1 fully saturated rings. The van der Waals surface area contributed by atoms with Crippen LogP contribution in [0.15, 0.2) is 77.7 Å². The second-order valence-corrected chi connectivity index (χ2v) is 10.6. The number of benzene rings is 3. The number of amides is 2. The van der Waals surface area contributed by atoms with Gasteiger partial charge in [0.05, 0.1) is 11.4 Å². The van der Waals surface area contributed by atoms with E-state index in [2.05, 4.69) is 33.7 Å². The molecular formula is C26H26N4O4S. The Morgan fingerprint density at radius 1 is 0.943 bits per heavy atom. The summed E-state index contributed by atoms with van der Waals surface area (Å²) in [7, 11) is -3.81. The topological polar surface area (TPSA) is 98.8 Å². The molecule has 35 heavy (non-hydrogen) atoms. The van der Waals surface area contributed by atoms with Crippen molar-refractivity contribution in [3.63, 3.8) is 0 Å². The third-order valence-electron chi connectivity index (χ3n) is 6.37. The Kier molecular flexibility index (Phi) is 6.27. The predicted octanol–water partition coefficient (Wildman–Crippen LogP) is 2.62. The summed E-state index contributed by atoms with van der Waals surface area (Å²) < 4.78 is 26.8. The molecule has 0 spiro atoms. The summed E-state index contributed by atoms with van der Waals surface area (Å²) >= 11 is 0. The number of rotatable bonds is 6. The van der Waals surface area contributed by atoms with E-state index in [0.717, 1.165) is 28.5 Å². The standard InChI is InChI=1S/C26H26N4O4S/c31-25-18-30(16-14-27-25)35(33,34)22-11-9-20(10-12-22)26(32)28-23-7-3-1-6-21(23)17-29-15-13-19-5-2-4-8-24(19)29/h1-12H,13-18H2,(H,27,31)(H,28,32). The van der Waals surface area contributed by atoms with Crippen LogP contribution in [0.25, 0.3) is 0 Å². The zero-order valence-corrected chi connectivity index (χ0v) is 19.9. The summed E-state index contributed by atoms with van der Waals surface area (Å²) in [5.41, 5.74) is 4.62. The predicted molar refractivity (Wildman–Crippen MR) is 134 cm³/mol. The van der Waals surface area contributed by atoms with E-state index >= 15 is 0 Å². The Bertz CT molecular complexity index is 1370. The normalized spacial score (nSPS) is 16.0. The van der Waals surface area contributed by atoms with Crippen molar-refractivity contribution in [3.8, 4) is 0 Å². The number of para-hydroxylation sites is 2. The molecule has 9 heteroatoms. The van der Waals surface area contributed by atoms with E-state index in [1.807, 2.05) is 30.3 Å². The van der Waals surface area contributed by atoms with E-state index in [-0.39, 0.29) is 36.3 Å². The van der Waals surface area contributed by atoms with Crippen molar-refractivity contribution in [2.24, 2.45) is 0 Å². The molecule has 8 nitrogen and oxygen atoms in total. The average molecular weight is 491 g/mol. The van der Waals surface area contributed by atoms with Gasteiger partial charge in [-0.3, -0.25) is 9.59 Å². The number of carbonyl (C=O) groups excluding carboxylic acids is 2. The highest BCUT2D eigenvalue weighted by atomic mass is 32.2. The average Bonchev–Trinajstić information content (AvgIpc) is 3.28.